The number of carboxylic acid groups (broad SMARTS) is 1. The maximum Gasteiger partial charge on any atom is 0.325 e. The van der Waals surface area contributed by atoms with E-state index in [0.29, 0.717) is 30.1 Å². The fourth-order valence-corrected chi connectivity index (χ4v) is 2.57. The van der Waals surface area contributed by atoms with Crippen LogP contribution in [0.2, 0.25) is 5.02 Å². The van der Waals surface area contributed by atoms with E-state index in [4.69, 9.17) is 16.7 Å². The van der Waals surface area contributed by atoms with Gasteiger partial charge < -0.3 is 15.3 Å². The van der Waals surface area contributed by atoms with E-state index in [1.165, 1.54) is 11.8 Å². The largest absolute Gasteiger partial charge is 0.480 e. The van der Waals surface area contributed by atoms with E-state index >= 15 is 0 Å². The van der Waals surface area contributed by atoms with Gasteiger partial charge in [0, 0.05) is 6.54 Å². The van der Waals surface area contributed by atoms with Crippen molar-refractivity contribution >= 4 is 35.2 Å². The third kappa shape index (κ3) is 4.29. The van der Waals surface area contributed by atoms with Crippen LogP contribution in [-0.4, -0.2) is 46.5 Å². The van der Waals surface area contributed by atoms with Crippen LogP contribution in [0.15, 0.2) is 24.3 Å². The molecule has 0 bridgehead atoms. The normalized spacial score (nSPS) is 17.9. The average Bonchev–Trinajstić information content (AvgIpc) is 3.03. The minimum Gasteiger partial charge on any atom is -0.480 e. The molecule has 1 aliphatic heterocycles. The number of anilines is 1. The Morgan fingerprint density at radius 3 is 2.71 bits per heavy atom. The number of likely N-dealkylation sites (tertiary alicyclic amines) is 1. The Bertz CT molecular complexity index is 640. The molecule has 0 aliphatic carbocycles. The number of carbonyl (C=O) groups excluding carboxylic acids is 2. The summed E-state index contributed by atoms with van der Waals surface area (Å²) in [5, 5.41) is 11.7. The third-order valence-corrected chi connectivity index (χ3v) is 4.05. The number of hydrogen-bond donors (Lipinski definition) is 4. The van der Waals surface area contributed by atoms with Gasteiger partial charge in [-0.2, -0.15) is 0 Å². The van der Waals surface area contributed by atoms with Gasteiger partial charge in [-0.25, -0.2) is 4.79 Å². The van der Waals surface area contributed by atoms with Crippen LogP contribution >= 0.6 is 11.6 Å². The fourth-order valence-electron chi connectivity index (χ4n) is 2.39. The summed E-state index contributed by atoms with van der Waals surface area (Å²) < 4.78 is 0. The number of halogens is 1. The van der Waals surface area contributed by atoms with Crippen molar-refractivity contribution in [1.29, 1.82) is 0 Å². The molecule has 0 saturated carbocycles. The number of carboxylic acids is 1. The molecule has 1 saturated heterocycles. The van der Waals surface area contributed by atoms with Crippen LogP contribution in [-0.2, 0) is 9.59 Å². The Morgan fingerprint density at radius 1 is 1.33 bits per heavy atom. The molecular weight excluding hydrogens is 336 g/mol. The van der Waals surface area contributed by atoms with Crippen LogP contribution in [0.4, 0.5) is 10.5 Å². The van der Waals surface area contributed by atoms with Crippen molar-refractivity contribution < 1.29 is 19.5 Å². The number of para-hydroxylation sites is 1. The van der Waals surface area contributed by atoms with E-state index in [1.807, 2.05) is 0 Å². The van der Waals surface area contributed by atoms with Gasteiger partial charge in [-0.05, 0) is 31.9 Å². The van der Waals surface area contributed by atoms with Crippen molar-refractivity contribution in [2.75, 3.05) is 12.0 Å². The Hall–Kier alpha value is -2.48. The van der Waals surface area contributed by atoms with Gasteiger partial charge in [0.15, 0.2) is 0 Å². The summed E-state index contributed by atoms with van der Waals surface area (Å²) in [5.41, 5.74) is 5.80. The lowest BCUT2D eigenvalue weighted by Gasteiger charge is -2.25. The maximum absolute atomic E-state index is 12.3. The zero-order valence-electron chi connectivity index (χ0n) is 13.1. The molecule has 2 rings (SSSR count). The van der Waals surface area contributed by atoms with E-state index < -0.39 is 24.1 Å². The minimum atomic E-state index is -1.14. The number of nitrogens with zero attached hydrogens (tertiary/aromatic N) is 1. The smallest absolute Gasteiger partial charge is 0.325 e. The van der Waals surface area contributed by atoms with Crippen molar-refractivity contribution in [3.63, 3.8) is 0 Å². The number of urea groups is 1. The van der Waals surface area contributed by atoms with Gasteiger partial charge in [0.05, 0.1) is 10.7 Å². The standard InChI is InChI=1S/C15H19ClN4O4/c1-9(14(22)23)17-15(24)20-8-4-7-12(20)13(21)19-18-11-6-3-2-5-10(11)16/h2-3,5-6,9,12,18H,4,7-8H2,1H3,(H,17,24)(H,19,21)(H,22,23)/t9-,12?/m0/s1. The molecule has 3 amide bonds. The lowest BCUT2D eigenvalue weighted by molar-refractivity contribution is -0.138. The first kappa shape index (κ1) is 17.9. The lowest BCUT2D eigenvalue weighted by Crippen LogP contribution is -2.53. The molecule has 1 aliphatic rings. The molecule has 24 heavy (non-hydrogen) atoms. The predicted octanol–water partition coefficient (Wildman–Crippen LogP) is 1.43. The monoisotopic (exact) mass is 354 g/mol. The Labute approximate surface area is 144 Å². The minimum absolute atomic E-state index is 0.384. The topological polar surface area (TPSA) is 111 Å². The maximum atomic E-state index is 12.3. The molecule has 8 nitrogen and oxygen atoms in total. The summed E-state index contributed by atoms with van der Waals surface area (Å²) in [6.45, 7) is 1.76. The van der Waals surface area contributed by atoms with Crippen LogP contribution in [0.1, 0.15) is 19.8 Å². The van der Waals surface area contributed by atoms with Gasteiger partial charge in [-0.15, -0.1) is 0 Å². The highest BCUT2D eigenvalue weighted by atomic mass is 35.5. The molecular formula is C15H19ClN4O4. The summed E-state index contributed by atoms with van der Waals surface area (Å²) in [6.07, 6.45) is 1.17. The first-order valence-corrected chi connectivity index (χ1v) is 7.88. The number of aliphatic carboxylic acids is 1. The van der Waals surface area contributed by atoms with E-state index in [1.54, 1.807) is 24.3 Å². The molecule has 0 spiro atoms. The fraction of sp³-hybridized carbons (Fsp3) is 0.400. The summed E-state index contributed by atoms with van der Waals surface area (Å²) in [7, 11) is 0. The lowest BCUT2D eigenvalue weighted by atomic mass is 10.2. The van der Waals surface area contributed by atoms with Gasteiger partial charge in [0.2, 0.25) is 0 Å². The first-order chi connectivity index (χ1) is 11.4. The van der Waals surface area contributed by atoms with Gasteiger partial charge in [0.25, 0.3) is 5.91 Å². The molecule has 1 fully saturated rings. The number of rotatable bonds is 5. The summed E-state index contributed by atoms with van der Waals surface area (Å²) in [6, 6.07) is 4.66. The molecule has 2 atom stereocenters. The number of amides is 3. The number of carbonyl (C=O) groups is 3. The Balaban J connectivity index is 1.94. The van der Waals surface area contributed by atoms with Crippen molar-refractivity contribution in [3.8, 4) is 0 Å². The number of nitrogens with one attached hydrogen (secondary N) is 3. The number of hydrogen-bond acceptors (Lipinski definition) is 4. The third-order valence-electron chi connectivity index (χ3n) is 3.72. The highest BCUT2D eigenvalue weighted by molar-refractivity contribution is 6.33. The number of benzene rings is 1. The Kier molecular flexibility index (Phi) is 5.86. The predicted molar refractivity (Wildman–Crippen MR) is 88.6 cm³/mol. The van der Waals surface area contributed by atoms with Crippen molar-refractivity contribution in [1.82, 2.24) is 15.6 Å². The van der Waals surface area contributed by atoms with Crippen molar-refractivity contribution in [2.24, 2.45) is 0 Å². The van der Waals surface area contributed by atoms with E-state index in [9.17, 15) is 14.4 Å². The second-order valence-electron chi connectivity index (χ2n) is 5.45. The Morgan fingerprint density at radius 2 is 2.04 bits per heavy atom. The summed E-state index contributed by atoms with van der Waals surface area (Å²) in [5.74, 6) is -1.52. The highest BCUT2D eigenvalue weighted by Gasteiger charge is 2.35. The molecule has 1 aromatic carbocycles. The van der Waals surface area contributed by atoms with Crippen LogP contribution in [0.3, 0.4) is 0 Å². The second-order valence-corrected chi connectivity index (χ2v) is 5.86. The van der Waals surface area contributed by atoms with Gasteiger partial charge in [-0.1, -0.05) is 23.7 Å². The molecule has 0 aromatic heterocycles. The molecule has 1 unspecified atom stereocenters. The van der Waals surface area contributed by atoms with Crippen LogP contribution in [0, 0.1) is 0 Å². The van der Waals surface area contributed by atoms with Gasteiger partial charge in [-0.3, -0.25) is 20.4 Å². The van der Waals surface area contributed by atoms with Crippen LogP contribution in [0.25, 0.3) is 0 Å². The molecule has 130 valence electrons. The quantitative estimate of drug-likeness (QED) is 0.598. The summed E-state index contributed by atoms with van der Waals surface area (Å²) in [4.78, 5) is 36.6. The van der Waals surface area contributed by atoms with Crippen LogP contribution in [0.5, 0.6) is 0 Å². The zero-order chi connectivity index (χ0) is 17.7. The molecule has 0 radical (unpaired) electrons. The van der Waals surface area contributed by atoms with Crippen molar-refractivity contribution in [3.05, 3.63) is 29.3 Å². The van der Waals surface area contributed by atoms with E-state index in [-0.39, 0.29) is 5.91 Å². The first-order valence-electron chi connectivity index (χ1n) is 7.50. The van der Waals surface area contributed by atoms with E-state index in [2.05, 4.69) is 16.2 Å². The highest BCUT2D eigenvalue weighted by Crippen LogP contribution is 2.20. The number of hydrazine groups is 1. The van der Waals surface area contributed by atoms with Crippen LogP contribution < -0.4 is 16.2 Å². The molecule has 1 heterocycles. The summed E-state index contributed by atoms with van der Waals surface area (Å²) >= 11 is 5.99. The zero-order valence-corrected chi connectivity index (χ0v) is 13.8. The van der Waals surface area contributed by atoms with Gasteiger partial charge in [0.1, 0.15) is 12.1 Å². The van der Waals surface area contributed by atoms with E-state index in [0.717, 1.165) is 0 Å². The molecule has 4 N–H and O–H groups in total. The average molecular weight is 355 g/mol. The molecule has 9 heteroatoms. The molecule has 1 aromatic rings. The SMILES string of the molecule is C[C@H](NC(=O)N1CCCC1C(=O)NNc1ccccc1Cl)C(=O)O. The second kappa shape index (κ2) is 7.87. The van der Waals surface area contributed by atoms with Gasteiger partial charge >= 0.3 is 12.0 Å². The van der Waals surface area contributed by atoms with Crippen molar-refractivity contribution in [2.45, 2.75) is 31.8 Å².